The molecule has 5 heteroatoms. The van der Waals surface area contributed by atoms with Crippen LogP contribution in [0.2, 0.25) is 0 Å². The molecule has 24 heavy (non-hydrogen) atoms. The summed E-state index contributed by atoms with van der Waals surface area (Å²) >= 11 is 0. The lowest BCUT2D eigenvalue weighted by Crippen LogP contribution is -2.24. The zero-order valence-electron chi connectivity index (χ0n) is 14.0. The van der Waals surface area contributed by atoms with Crippen LogP contribution in [0.1, 0.15) is 43.8 Å². The molecule has 0 saturated carbocycles. The Morgan fingerprint density at radius 3 is 2.83 bits per heavy atom. The van der Waals surface area contributed by atoms with E-state index in [-0.39, 0.29) is 11.8 Å². The molecule has 0 spiro atoms. The minimum Gasteiger partial charge on any atom is -0.467 e. The molecule has 2 aromatic heterocycles. The topological polar surface area (TPSA) is 51.3 Å². The van der Waals surface area contributed by atoms with Gasteiger partial charge >= 0.3 is 0 Å². The number of imidazole rings is 1. The Bertz CT molecular complexity index is 864. The Morgan fingerprint density at radius 2 is 2.08 bits per heavy atom. The van der Waals surface area contributed by atoms with Crippen LogP contribution in [-0.2, 0) is 11.3 Å². The van der Waals surface area contributed by atoms with Gasteiger partial charge in [-0.15, -0.1) is 0 Å². The van der Waals surface area contributed by atoms with Crippen molar-refractivity contribution in [2.24, 2.45) is 0 Å². The van der Waals surface area contributed by atoms with Gasteiger partial charge in [-0.25, -0.2) is 4.98 Å². The van der Waals surface area contributed by atoms with Crippen molar-refractivity contribution in [2.75, 3.05) is 6.54 Å². The van der Waals surface area contributed by atoms with Crippen molar-refractivity contribution >= 4 is 16.9 Å². The number of hydrogen-bond donors (Lipinski definition) is 0. The van der Waals surface area contributed by atoms with Gasteiger partial charge in [0.25, 0.3) is 0 Å². The number of carbonyl (C=O) groups excluding carboxylic acids is 1. The fourth-order valence-corrected chi connectivity index (χ4v) is 3.58. The van der Waals surface area contributed by atoms with Gasteiger partial charge in [-0.2, -0.15) is 0 Å². The van der Waals surface area contributed by atoms with Crippen LogP contribution in [-0.4, -0.2) is 26.9 Å². The maximum atomic E-state index is 12.4. The van der Waals surface area contributed by atoms with Gasteiger partial charge in [-0.3, -0.25) is 4.79 Å². The highest BCUT2D eigenvalue weighted by Gasteiger charge is 2.34. The third-order valence-electron chi connectivity index (χ3n) is 4.65. The summed E-state index contributed by atoms with van der Waals surface area (Å²) in [6.45, 7) is 5.55. The average molecular weight is 323 g/mol. The lowest BCUT2D eigenvalue weighted by Gasteiger charge is -2.18. The summed E-state index contributed by atoms with van der Waals surface area (Å²) in [4.78, 5) is 19.1. The molecule has 1 fully saturated rings. The second-order valence-electron chi connectivity index (χ2n) is 6.68. The molecule has 124 valence electrons. The molecule has 3 heterocycles. The van der Waals surface area contributed by atoms with Crippen LogP contribution < -0.4 is 0 Å². The van der Waals surface area contributed by atoms with E-state index in [2.05, 4.69) is 24.5 Å². The van der Waals surface area contributed by atoms with E-state index in [0.717, 1.165) is 22.6 Å². The van der Waals surface area contributed by atoms with Crippen LogP contribution in [0.15, 0.2) is 47.1 Å². The molecule has 0 radical (unpaired) electrons. The first-order valence-corrected chi connectivity index (χ1v) is 8.40. The molecule has 0 unspecified atom stereocenters. The zero-order chi connectivity index (χ0) is 16.7. The lowest BCUT2D eigenvalue weighted by molar-refractivity contribution is -0.128. The number of benzene rings is 1. The Morgan fingerprint density at radius 1 is 1.25 bits per heavy atom. The monoisotopic (exact) mass is 323 g/mol. The Kier molecular flexibility index (Phi) is 3.63. The highest BCUT2D eigenvalue weighted by molar-refractivity contribution is 5.81. The molecule has 0 N–H and O–H groups in total. The number of nitrogens with zero attached hydrogens (tertiary/aromatic N) is 3. The molecule has 1 amide bonds. The quantitative estimate of drug-likeness (QED) is 0.735. The van der Waals surface area contributed by atoms with E-state index >= 15 is 0 Å². The van der Waals surface area contributed by atoms with Gasteiger partial charge in [0.1, 0.15) is 11.6 Å². The standard InChI is InChI=1S/C19H21N3O2/c1-13(2)22-17-8-4-3-7-16(17)20-19(22)14-10-18(23)21(11-14)12-15-6-5-9-24-15/h3-9,13-14H,10-12H2,1-2H3/t14-/m0/s1. The van der Waals surface area contributed by atoms with Crippen LogP contribution in [0, 0.1) is 0 Å². The highest BCUT2D eigenvalue weighted by atomic mass is 16.3. The molecule has 0 bridgehead atoms. The molecule has 1 atom stereocenters. The second-order valence-corrected chi connectivity index (χ2v) is 6.68. The predicted octanol–water partition coefficient (Wildman–Crippen LogP) is 3.73. The molecule has 1 aliphatic heterocycles. The molecule has 4 rings (SSSR count). The van der Waals surface area contributed by atoms with Crippen LogP contribution in [0.4, 0.5) is 0 Å². The van der Waals surface area contributed by atoms with E-state index < -0.39 is 0 Å². The fraction of sp³-hybridized carbons (Fsp3) is 0.368. The number of rotatable bonds is 4. The molecule has 1 saturated heterocycles. The summed E-state index contributed by atoms with van der Waals surface area (Å²) in [5.74, 6) is 2.13. The van der Waals surface area contributed by atoms with Gasteiger partial charge < -0.3 is 13.9 Å². The first kappa shape index (κ1) is 15.0. The number of fused-ring (bicyclic) bond motifs is 1. The summed E-state index contributed by atoms with van der Waals surface area (Å²) in [5, 5.41) is 0. The normalized spacial score (nSPS) is 18.2. The number of para-hydroxylation sites is 2. The summed E-state index contributed by atoms with van der Waals surface area (Å²) < 4.78 is 7.65. The molecule has 1 aromatic carbocycles. The molecule has 0 aliphatic carbocycles. The van der Waals surface area contributed by atoms with Crippen molar-refractivity contribution < 1.29 is 9.21 Å². The van der Waals surface area contributed by atoms with Crippen LogP contribution in [0.3, 0.4) is 0 Å². The maximum Gasteiger partial charge on any atom is 0.223 e. The summed E-state index contributed by atoms with van der Waals surface area (Å²) in [6, 6.07) is 12.2. The smallest absolute Gasteiger partial charge is 0.223 e. The van der Waals surface area contributed by atoms with Gasteiger partial charge in [0.2, 0.25) is 5.91 Å². The summed E-state index contributed by atoms with van der Waals surface area (Å²) in [7, 11) is 0. The Labute approximate surface area is 140 Å². The Hall–Kier alpha value is -2.56. The van der Waals surface area contributed by atoms with Crippen molar-refractivity contribution in [3.63, 3.8) is 0 Å². The van der Waals surface area contributed by atoms with Crippen molar-refractivity contribution in [1.29, 1.82) is 0 Å². The minimum absolute atomic E-state index is 0.127. The van der Waals surface area contributed by atoms with E-state index in [1.54, 1.807) is 6.26 Å². The molecular formula is C19H21N3O2. The van der Waals surface area contributed by atoms with Crippen molar-refractivity contribution in [1.82, 2.24) is 14.5 Å². The number of carbonyl (C=O) groups is 1. The van der Waals surface area contributed by atoms with E-state index in [9.17, 15) is 4.79 Å². The Balaban J connectivity index is 1.66. The first-order valence-electron chi connectivity index (χ1n) is 8.40. The zero-order valence-corrected chi connectivity index (χ0v) is 14.0. The average Bonchev–Trinajstić information content (AvgIpc) is 3.26. The fourth-order valence-electron chi connectivity index (χ4n) is 3.58. The maximum absolute atomic E-state index is 12.4. The van der Waals surface area contributed by atoms with Crippen molar-refractivity contribution in [3.8, 4) is 0 Å². The van der Waals surface area contributed by atoms with Crippen LogP contribution in [0.25, 0.3) is 11.0 Å². The van der Waals surface area contributed by atoms with Gasteiger partial charge in [-0.1, -0.05) is 12.1 Å². The second kappa shape index (κ2) is 5.82. The van der Waals surface area contributed by atoms with Gasteiger partial charge in [0.15, 0.2) is 0 Å². The third-order valence-corrected chi connectivity index (χ3v) is 4.65. The SMILES string of the molecule is CC(C)n1c([C@H]2CC(=O)N(Cc3ccco3)C2)nc2ccccc21. The first-order chi connectivity index (χ1) is 11.6. The number of likely N-dealkylation sites (tertiary alicyclic amines) is 1. The van der Waals surface area contributed by atoms with Crippen molar-refractivity contribution in [2.45, 2.75) is 38.8 Å². The molecule has 3 aromatic rings. The summed E-state index contributed by atoms with van der Waals surface area (Å²) in [6.07, 6.45) is 2.16. The van der Waals surface area contributed by atoms with Crippen molar-refractivity contribution in [3.05, 3.63) is 54.2 Å². The lowest BCUT2D eigenvalue weighted by atomic mass is 10.1. The highest BCUT2D eigenvalue weighted by Crippen LogP contribution is 2.33. The number of hydrogen-bond acceptors (Lipinski definition) is 3. The van der Waals surface area contributed by atoms with E-state index in [1.807, 2.05) is 35.2 Å². The number of amides is 1. The van der Waals surface area contributed by atoms with Gasteiger partial charge in [0, 0.05) is 24.9 Å². The molecule has 5 nitrogen and oxygen atoms in total. The number of furan rings is 1. The predicted molar refractivity (Wildman–Crippen MR) is 91.6 cm³/mol. The van der Waals surface area contributed by atoms with Crippen LogP contribution in [0.5, 0.6) is 0 Å². The largest absolute Gasteiger partial charge is 0.467 e. The van der Waals surface area contributed by atoms with Gasteiger partial charge in [-0.05, 0) is 38.1 Å². The van der Waals surface area contributed by atoms with Crippen LogP contribution >= 0.6 is 0 Å². The van der Waals surface area contributed by atoms with E-state index in [1.165, 1.54) is 0 Å². The molecular weight excluding hydrogens is 302 g/mol. The van der Waals surface area contributed by atoms with E-state index in [4.69, 9.17) is 9.40 Å². The number of aromatic nitrogens is 2. The van der Waals surface area contributed by atoms with E-state index in [0.29, 0.717) is 25.6 Å². The minimum atomic E-state index is 0.127. The van der Waals surface area contributed by atoms with Gasteiger partial charge in [0.05, 0.1) is 23.8 Å². The summed E-state index contributed by atoms with van der Waals surface area (Å²) in [5.41, 5.74) is 2.14. The molecule has 1 aliphatic rings. The third kappa shape index (κ3) is 2.50.